The number of anilines is 1. The highest BCUT2D eigenvalue weighted by atomic mass is 16.2. The summed E-state index contributed by atoms with van der Waals surface area (Å²) in [5.74, 6) is 0.473. The van der Waals surface area contributed by atoms with Gasteiger partial charge in [0.05, 0.1) is 28.4 Å². The standard InChI is InChI=1S/C27H27N9O2/c1-2-3-6-21(37)31-18-11-16(13-28-15-18)17-12-20-23(34-35-24(20)30-14-17)26-32-22-19(7-8-29-25(22)33-26)27(38)36-9-4-5-10-36/h7-8,11-15H,2-6,9-10H2,1H3,(H,31,37)(H,29,32,33)(H,30,34,35). The minimum Gasteiger partial charge on any atom is -0.339 e. The molecule has 0 unspecified atom stereocenters. The van der Waals surface area contributed by atoms with Crippen LogP contribution in [0.5, 0.6) is 0 Å². The normalized spacial score (nSPS) is 13.4. The molecular formula is C27H27N9O2. The van der Waals surface area contributed by atoms with Gasteiger partial charge >= 0.3 is 0 Å². The third-order valence-corrected chi connectivity index (χ3v) is 6.77. The number of fused-ring (bicyclic) bond motifs is 2. The summed E-state index contributed by atoms with van der Waals surface area (Å²) in [5.41, 5.74) is 5.05. The van der Waals surface area contributed by atoms with Crippen LogP contribution in [-0.4, -0.2) is 64.9 Å². The molecule has 11 nitrogen and oxygen atoms in total. The van der Waals surface area contributed by atoms with Crippen molar-refractivity contribution in [2.45, 2.75) is 39.0 Å². The highest BCUT2D eigenvalue weighted by Crippen LogP contribution is 2.30. The average Bonchev–Trinajstić information content (AvgIpc) is 3.70. The molecule has 5 aromatic rings. The van der Waals surface area contributed by atoms with E-state index in [2.05, 4.69) is 47.4 Å². The number of hydrogen-bond donors (Lipinski definition) is 3. The number of likely N-dealkylation sites (tertiary alicyclic amines) is 1. The molecule has 1 aliphatic heterocycles. The lowest BCUT2D eigenvalue weighted by Gasteiger charge is -2.15. The molecule has 38 heavy (non-hydrogen) atoms. The second-order valence-corrected chi connectivity index (χ2v) is 9.45. The summed E-state index contributed by atoms with van der Waals surface area (Å²) in [6.45, 7) is 3.58. The van der Waals surface area contributed by atoms with E-state index in [1.54, 1.807) is 30.9 Å². The Morgan fingerprint density at radius 3 is 2.74 bits per heavy atom. The van der Waals surface area contributed by atoms with Crippen LogP contribution >= 0.6 is 0 Å². The largest absolute Gasteiger partial charge is 0.339 e. The first-order valence-electron chi connectivity index (χ1n) is 12.8. The summed E-state index contributed by atoms with van der Waals surface area (Å²) < 4.78 is 0. The number of carbonyl (C=O) groups excluding carboxylic acids is 2. The summed E-state index contributed by atoms with van der Waals surface area (Å²) in [4.78, 5) is 48.3. The first kappa shape index (κ1) is 23.7. The number of aromatic nitrogens is 7. The Bertz CT molecular complexity index is 1650. The van der Waals surface area contributed by atoms with Crippen molar-refractivity contribution in [2.24, 2.45) is 0 Å². The van der Waals surface area contributed by atoms with Gasteiger partial charge in [-0.2, -0.15) is 5.10 Å². The predicted molar refractivity (Wildman–Crippen MR) is 143 cm³/mol. The van der Waals surface area contributed by atoms with Gasteiger partial charge in [-0.3, -0.25) is 19.7 Å². The number of pyridine rings is 3. The van der Waals surface area contributed by atoms with Crippen LogP contribution in [-0.2, 0) is 4.79 Å². The van der Waals surface area contributed by atoms with Gasteiger partial charge in [-0.25, -0.2) is 15.0 Å². The first-order chi connectivity index (χ1) is 18.6. The number of H-pyrrole nitrogens is 2. The maximum Gasteiger partial charge on any atom is 0.256 e. The average molecular weight is 510 g/mol. The second kappa shape index (κ2) is 10.0. The van der Waals surface area contributed by atoms with Crippen molar-refractivity contribution in [3.05, 3.63) is 48.5 Å². The lowest BCUT2D eigenvalue weighted by molar-refractivity contribution is -0.116. The Morgan fingerprint density at radius 2 is 1.89 bits per heavy atom. The van der Waals surface area contributed by atoms with Crippen LogP contribution in [0.15, 0.2) is 43.0 Å². The smallest absolute Gasteiger partial charge is 0.256 e. The Labute approximate surface area is 218 Å². The Balaban J connectivity index is 1.34. The zero-order chi connectivity index (χ0) is 26.1. The van der Waals surface area contributed by atoms with Crippen molar-refractivity contribution in [1.29, 1.82) is 0 Å². The van der Waals surface area contributed by atoms with Gasteiger partial charge in [-0.15, -0.1) is 0 Å². The van der Waals surface area contributed by atoms with Crippen LogP contribution in [0.3, 0.4) is 0 Å². The van der Waals surface area contributed by atoms with Crippen molar-refractivity contribution < 1.29 is 9.59 Å². The number of nitrogens with zero attached hydrogens (tertiary/aromatic N) is 6. The van der Waals surface area contributed by atoms with E-state index in [-0.39, 0.29) is 11.8 Å². The lowest BCUT2D eigenvalue weighted by atomic mass is 10.1. The van der Waals surface area contributed by atoms with Crippen LogP contribution in [0.4, 0.5) is 5.69 Å². The molecule has 2 amide bonds. The molecule has 6 heterocycles. The molecule has 192 valence electrons. The van der Waals surface area contributed by atoms with Gasteiger partial charge in [0, 0.05) is 49.2 Å². The van der Waals surface area contributed by atoms with E-state index >= 15 is 0 Å². The van der Waals surface area contributed by atoms with Crippen LogP contribution in [0.2, 0.25) is 0 Å². The van der Waals surface area contributed by atoms with Gasteiger partial charge in [-0.1, -0.05) is 13.3 Å². The van der Waals surface area contributed by atoms with Gasteiger partial charge in [0.1, 0.15) is 5.69 Å². The molecule has 1 saturated heterocycles. The monoisotopic (exact) mass is 509 g/mol. The van der Waals surface area contributed by atoms with E-state index in [0.717, 1.165) is 55.3 Å². The number of hydrogen-bond acceptors (Lipinski definition) is 7. The van der Waals surface area contributed by atoms with E-state index in [1.807, 2.05) is 17.0 Å². The van der Waals surface area contributed by atoms with Gasteiger partial charge in [0.15, 0.2) is 17.1 Å². The van der Waals surface area contributed by atoms with Crippen LogP contribution in [0.1, 0.15) is 49.4 Å². The van der Waals surface area contributed by atoms with E-state index < -0.39 is 0 Å². The van der Waals surface area contributed by atoms with Gasteiger partial charge in [0.25, 0.3) is 5.91 Å². The number of rotatable bonds is 7. The van der Waals surface area contributed by atoms with Gasteiger partial charge < -0.3 is 15.2 Å². The van der Waals surface area contributed by atoms with Crippen molar-refractivity contribution in [3.8, 4) is 22.6 Å². The molecule has 5 aromatic heterocycles. The molecule has 0 atom stereocenters. The van der Waals surface area contributed by atoms with E-state index in [9.17, 15) is 9.59 Å². The molecule has 0 aliphatic carbocycles. The van der Waals surface area contributed by atoms with Gasteiger partial charge in [0.2, 0.25) is 5.91 Å². The predicted octanol–water partition coefficient (Wildman–Crippen LogP) is 4.32. The van der Waals surface area contributed by atoms with Crippen molar-refractivity contribution in [1.82, 2.24) is 40.0 Å². The lowest BCUT2D eigenvalue weighted by Crippen LogP contribution is -2.27. The summed E-state index contributed by atoms with van der Waals surface area (Å²) in [5, 5.41) is 11.0. The molecule has 1 aliphatic rings. The summed E-state index contributed by atoms with van der Waals surface area (Å²) in [6.07, 6.45) is 11.0. The SMILES string of the molecule is CCCCC(=O)Nc1cncc(-c2cnc3n[nH]c(-c4nc5nccc(C(=O)N6CCCC6)c5[nH]4)c3c2)c1. The van der Waals surface area contributed by atoms with Crippen LogP contribution in [0, 0.1) is 0 Å². The topological polar surface area (TPSA) is 145 Å². The highest BCUT2D eigenvalue weighted by Gasteiger charge is 2.23. The van der Waals surface area contributed by atoms with Crippen molar-refractivity contribution >= 4 is 39.7 Å². The summed E-state index contributed by atoms with van der Waals surface area (Å²) in [6, 6.07) is 5.56. The molecule has 0 spiro atoms. The Morgan fingerprint density at radius 1 is 1.05 bits per heavy atom. The fourth-order valence-electron chi connectivity index (χ4n) is 4.76. The second-order valence-electron chi connectivity index (χ2n) is 9.45. The quantitative estimate of drug-likeness (QED) is 0.296. The molecular weight excluding hydrogens is 482 g/mol. The van der Waals surface area contributed by atoms with E-state index in [0.29, 0.717) is 46.0 Å². The van der Waals surface area contributed by atoms with E-state index in [1.165, 1.54) is 0 Å². The molecule has 6 rings (SSSR count). The van der Waals surface area contributed by atoms with E-state index in [4.69, 9.17) is 0 Å². The third kappa shape index (κ3) is 4.47. The Kier molecular flexibility index (Phi) is 6.24. The zero-order valence-electron chi connectivity index (χ0n) is 21.0. The first-order valence-corrected chi connectivity index (χ1v) is 12.8. The van der Waals surface area contributed by atoms with Crippen LogP contribution < -0.4 is 5.32 Å². The molecule has 0 saturated carbocycles. The molecule has 3 N–H and O–H groups in total. The number of carbonyl (C=O) groups is 2. The third-order valence-electron chi connectivity index (χ3n) is 6.77. The minimum absolute atomic E-state index is 0.0160. The summed E-state index contributed by atoms with van der Waals surface area (Å²) >= 11 is 0. The van der Waals surface area contributed by atoms with Crippen molar-refractivity contribution in [3.63, 3.8) is 0 Å². The number of nitrogens with one attached hydrogen (secondary N) is 3. The number of unbranched alkanes of at least 4 members (excludes halogenated alkanes) is 1. The highest BCUT2D eigenvalue weighted by molar-refractivity contribution is 6.05. The maximum atomic E-state index is 13.1. The van der Waals surface area contributed by atoms with Crippen molar-refractivity contribution in [2.75, 3.05) is 18.4 Å². The molecule has 0 bridgehead atoms. The maximum absolute atomic E-state index is 13.1. The van der Waals surface area contributed by atoms with Crippen LogP contribution in [0.25, 0.3) is 44.8 Å². The number of aromatic amines is 2. The minimum atomic E-state index is -0.0300. The Hall–Kier alpha value is -4.67. The number of amides is 2. The zero-order valence-corrected chi connectivity index (χ0v) is 21.0. The van der Waals surface area contributed by atoms with Gasteiger partial charge in [-0.05, 0) is 37.5 Å². The fraction of sp³-hybridized carbons (Fsp3) is 0.296. The molecule has 1 fully saturated rings. The summed E-state index contributed by atoms with van der Waals surface area (Å²) in [7, 11) is 0. The molecule has 0 aromatic carbocycles. The number of imidazole rings is 1. The fourth-order valence-corrected chi connectivity index (χ4v) is 4.76. The molecule has 0 radical (unpaired) electrons. The molecule has 11 heteroatoms.